The molecule has 0 bridgehead atoms. The number of pyridine rings is 1. The average molecular weight is 525 g/mol. The van der Waals surface area contributed by atoms with Crippen molar-refractivity contribution in [2.45, 2.75) is 58.0 Å². The van der Waals surface area contributed by atoms with E-state index in [1.54, 1.807) is 20.8 Å². The number of alkyl halides is 3. The van der Waals surface area contributed by atoms with Gasteiger partial charge >= 0.3 is 12.3 Å². The van der Waals surface area contributed by atoms with Crippen LogP contribution in [0.3, 0.4) is 0 Å². The van der Waals surface area contributed by atoms with Gasteiger partial charge in [-0.25, -0.2) is 9.78 Å². The predicted molar refractivity (Wildman–Crippen MR) is 130 cm³/mol. The molecule has 202 valence electrons. The number of amides is 2. The molecule has 37 heavy (non-hydrogen) atoms. The van der Waals surface area contributed by atoms with Crippen LogP contribution < -0.4 is 20.7 Å². The number of nitrogens with two attached hydrogens (primary N) is 1. The van der Waals surface area contributed by atoms with Crippen LogP contribution >= 0.6 is 0 Å². The first-order valence-electron chi connectivity index (χ1n) is 11.6. The molecule has 2 atom stereocenters. The van der Waals surface area contributed by atoms with Crippen LogP contribution in [0.15, 0.2) is 30.5 Å². The summed E-state index contributed by atoms with van der Waals surface area (Å²) in [5.74, 6) is -0.426. The van der Waals surface area contributed by atoms with Crippen molar-refractivity contribution in [1.82, 2.24) is 10.3 Å². The highest BCUT2D eigenvalue weighted by atomic mass is 19.4. The van der Waals surface area contributed by atoms with Crippen molar-refractivity contribution in [2.75, 3.05) is 30.9 Å². The zero-order valence-electron chi connectivity index (χ0n) is 21.3. The Balaban J connectivity index is 1.92. The van der Waals surface area contributed by atoms with Gasteiger partial charge in [-0.1, -0.05) is 0 Å². The SMILES string of the molecule is C[C@@H](NC(=O)c1cc(O[C@H]2CCOC2)cnc1N(C)C(=O)OC(C)(C)C)c1cc(N)cc(C(F)(F)F)c1. The van der Waals surface area contributed by atoms with Gasteiger partial charge in [0.2, 0.25) is 0 Å². The van der Waals surface area contributed by atoms with Gasteiger partial charge in [0.25, 0.3) is 5.91 Å². The number of carbonyl (C=O) groups excluding carboxylic acids is 2. The van der Waals surface area contributed by atoms with Gasteiger partial charge in [-0.3, -0.25) is 9.69 Å². The van der Waals surface area contributed by atoms with E-state index in [1.807, 2.05) is 0 Å². The number of nitrogens with one attached hydrogen (secondary N) is 1. The van der Waals surface area contributed by atoms with Crippen LogP contribution in [0.25, 0.3) is 0 Å². The van der Waals surface area contributed by atoms with Crippen molar-refractivity contribution in [3.63, 3.8) is 0 Å². The number of carbonyl (C=O) groups is 2. The Kier molecular flexibility index (Phi) is 8.21. The molecule has 0 saturated carbocycles. The molecule has 12 heteroatoms. The Hall–Kier alpha value is -3.54. The van der Waals surface area contributed by atoms with E-state index in [0.29, 0.717) is 19.6 Å². The van der Waals surface area contributed by atoms with Crippen LogP contribution in [0.4, 0.5) is 29.5 Å². The number of anilines is 2. The van der Waals surface area contributed by atoms with Crippen LogP contribution in [0.2, 0.25) is 0 Å². The number of nitrogens with zero attached hydrogens (tertiary/aromatic N) is 2. The third kappa shape index (κ3) is 7.48. The minimum Gasteiger partial charge on any atom is -0.486 e. The fraction of sp³-hybridized carbons (Fsp3) is 0.480. The number of rotatable bonds is 6. The first-order valence-corrected chi connectivity index (χ1v) is 11.6. The van der Waals surface area contributed by atoms with E-state index in [2.05, 4.69) is 10.3 Å². The summed E-state index contributed by atoms with van der Waals surface area (Å²) in [5, 5.41) is 2.66. The molecule has 1 aliphatic rings. The molecule has 0 unspecified atom stereocenters. The van der Waals surface area contributed by atoms with E-state index < -0.39 is 35.4 Å². The molecular weight excluding hydrogens is 493 g/mol. The topological polar surface area (TPSA) is 116 Å². The highest BCUT2D eigenvalue weighted by Crippen LogP contribution is 2.33. The standard InChI is InChI=1S/C25H31F3N4O5/c1-14(15-8-16(25(26,27)28)10-17(29)9-15)31-22(33)20-11-19(36-18-6-7-35-13-18)12-30-21(20)32(5)23(34)37-24(2,3)4/h8-12,14,18H,6-7,13,29H2,1-5H3,(H,31,33)/t14-,18+/m1/s1. The van der Waals surface area contributed by atoms with Crippen molar-refractivity contribution in [1.29, 1.82) is 0 Å². The molecule has 2 aromatic rings. The first kappa shape index (κ1) is 28.0. The van der Waals surface area contributed by atoms with Gasteiger partial charge in [0.05, 0.1) is 36.6 Å². The van der Waals surface area contributed by atoms with Crippen molar-refractivity contribution < 1.29 is 37.0 Å². The molecule has 1 aromatic heterocycles. The Morgan fingerprint density at radius 3 is 2.51 bits per heavy atom. The predicted octanol–water partition coefficient (Wildman–Crippen LogP) is 4.71. The minimum absolute atomic E-state index is 0.0162. The largest absolute Gasteiger partial charge is 0.486 e. The first-order chi connectivity index (χ1) is 17.1. The lowest BCUT2D eigenvalue weighted by Crippen LogP contribution is -2.36. The number of nitrogen functional groups attached to an aromatic ring is 1. The molecule has 0 radical (unpaired) electrons. The van der Waals surface area contributed by atoms with Gasteiger partial charge < -0.3 is 25.3 Å². The van der Waals surface area contributed by atoms with E-state index in [4.69, 9.17) is 19.9 Å². The summed E-state index contributed by atoms with van der Waals surface area (Å²) in [5.41, 5.74) is 3.99. The van der Waals surface area contributed by atoms with Gasteiger partial charge in [-0.05, 0) is 57.5 Å². The van der Waals surface area contributed by atoms with E-state index in [0.717, 1.165) is 17.0 Å². The Morgan fingerprint density at radius 1 is 1.22 bits per heavy atom. The molecule has 3 rings (SSSR count). The molecule has 1 saturated heterocycles. The summed E-state index contributed by atoms with van der Waals surface area (Å²) in [6.07, 6.45) is -3.53. The quantitative estimate of drug-likeness (QED) is 0.526. The van der Waals surface area contributed by atoms with E-state index >= 15 is 0 Å². The Bertz CT molecular complexity index is 1140. The second kappa shape index (κ2) is 10.8. The summed E-state index contributed by atoms with van der Waals surface area (Å²) in [6, 6.07) is 3.66. The van der Waals surface area contributed by atoms with Gasteiger partial charge in [-0.15, -0.1) is 0 Å². The van der Waals surface area contributed by atoms with Gasteiger partial charge in [-0.2, -0.15) is 13.2 Å². The fourth-order valence-electron chi connectivity index (χ4n) is 3.60. The maximum absolute atomic E-state index is 13.4. The van der Waals surface area contributed by atoms with Gasteiger partial charge in [0.1, 0.15) is 17.5 Å². The summed E-state index contributed by atoms with van der Waals surface area (Å²) >= 11 is 0. The normalized spacial score (nSPS) is 16.7. The lowest BCUT2D eigenvalue weighted by molar-refractivity contribution is -0.137. The van der Waals surface area contributed by atoms with Crippen molar-refractivity contribution >= 4 is 23.5 Å². The average Bonchev–Trinajstić information content (AvgIpc) is 3.29. The summed E-state index contributed by atoms with van der Waals surface area (Å²) in [7, 11) is 1.40. The number of halogens is 3. The highest BCUT2D eigenvalue weighted by Gasteiger charge is 2.32. The maximum Gasteiger partial charge on any atom is 0.416 e. The summed E-state index contributed by atoms with van der Waals surface area (Å²) < 4.78 is 56.3. The number of ether oxygens (including phenoxy) is 3. The second-order valence-corrected chi connectivity index (χ2v) is 9.77. The Labute approximate surface area is 213 Å². The number of benzene rings is 1. The van der Waals surface area contributed by atoms with Crippen LogP contribution in [0, 0.1) is 0 Å². The molecule has 0 aliphatic carbocycles. The minimum atomic E-state index is -4.60. The maximum atomic E-state index is 13.4. The number of hydrogen-bond acceptors (Lipinski definition) is 7. The second-order valence-electron chi connectivity index (χ2n) is 9.77. The molecular formula is C25H31F3N4O5. The third-order valence-electron chi connectivity index (χ3n) is 5.41. The van der Waals surface area contributed by atoms with Crippen LogP contribution in [-0.2, 0) is 15.7 Å². The highest BCUT2D eigenvalue weighted by molar-refractivity contribution is 6.02. The van der Waals surface area contributed by atoms with E-state index in [1.165, 1.54) is 32.3 Å². The van der Waals surface area contributed by atoms with Crippen LogP contribution in [0.5, 0.6) is 5.75 Å². The molecule has 3 N–H and O–H groups in total. The molecule has 1 aliphatic heterocycles. The van der Waals surface area contributed by atoms with Crippen LogP contribution in [0.1, 0.15) is 61.6 Å². The Morgan fingerprint density at radius 2 is 1.92 bits per heavy atom. The smallest absolute Gasteiger partial charge is 0.416 e. The van der Waals surface area contributed by atoms with Gasteiger partial charge in [0, 0.05) is 19.2 Å². The third-order valence-corrected chi connectivity index (χ3v) is 5.41. The van der Waals surface area contributed by atoms with E-state index in [-0.39, 0.29) is 34.5 Å². The molecule has 9 nitrogen and oxygen atoms in total. The molecule has 2 amide bonds. The monoisotopic (exact) mass is 524 g/mol. The lowest BCUT2D eigenvalue weighted by atomic mass is 10.0. The van der Waals surface area contributed by atoms with Crippen molar-refractivity contribution in [2.24, 2.45) is 0 Å². The lowest BCUT2D eigenvalue weighted by Gasteiger charge is -2.26. The molecule has 2 heterocycles. The van der Waals surface area contributed by atoms with Gasteiger partial charge in [0.15, 0.2) is 5.82 Å². The summed E-state index contributed by atoms with van der Waals surface area (Å²) in [6.45, 7) is 7.54. The number of hydrogen-bond donors (Lipinski definition) is 2. The van der Waals surface area contributed by atoms with E-state index in [9.17, 15) is 22.8 Å². The number of aromatic nitrogens is 1. The zero-order valence-corrected chi connectivity index (χ0v) is 21.3. The van der Waals surface area contributed by atoms with Crippen molar-refractivity contribution in [3.05, 3.63) is 47.2 Å². The fourth-order valence-corrected chi connectivity index (χ4v) is 3.60. The zero-order chi connectivity index (χ0) is 27.5. The molecule has 1 fully saturated rings. The molecule has 1 aromatic carbocycles. The van der Waals surface area contributed by atoms with Crippen molar-refractivity contribution in [3.8, 4) is 5.75 Å². The van der Waals surface area contributed by atoms with Crippen LogP contribution in [-0.4, -0.2) is 49.0 Å². The molecule has 0 spiro atoms. The summed E-state index contributed by atoms with van der Waals surface area (Å²) in [4.78, 5) is 31.4.